The number of carbonyl (C=O) groups is 1. The number of aliphatic hydroxyl groups is 1. The number of nitrogens with one attached hydrogen (secondary N) is 1. The van der Waals surface area contributed by atoms with Crippen molar-refractivity contribution in [3.8, 4) is 5.75 Å². The summed E-state index contributed by atoms with van der Waals surface area (Å²) in [5, 5.41) is 11.5. The van der Waals surface area contributed by atoms with Crippen molar-refractivity contribution in [2.24, 2.45) is 5.92 Å². The van der Waals surface area contributed by atoms with Gasteiger partial charge in [0.2, 0.25) is 10.0 Å². The van der Waals surface area contributed by atoms with E-state index in [2.05, 4.69) is 0 Å². The van der Waals surface area contributed by atoms with E-state index in [1.807, 2.05) is 74.5 Å². The molecule has 0 fully saturated rings. The fourth-order valence-electron chi connectivity index (χ4n) is 4.34. The average Bonchev–Trinajstić information content (AvgIpc) is 2.94. The molecule has 0 heterocycles. The summed E-state index contributed by atoms with van der Waals surface area (Å²) < 4.78 is 39.3. The Balaban J connectivity index is 1.84. The first-order valence-electron chi connectivity index (χ1n) is 13.0. The first kappa shape index (κ1) is 30.3. The number of hydrogen-bond acceptors (Lipinski definition) is 6. The third-order valence-electron chi connectivity index (χ3n) is 6.51. The van der Waals surface area contributed by atoms with Gasteiger partial charge in [0, 0.05) is 19.5 Å². The first-order valence-corrected chi connectivity index (χ1v) is 14.5. The summed E-state index contributed by atoms with van der Waals surface area (Å²) in [6.07, 6.45) is -1.32. The maximum absolute atomic E-state index is 13.6. The van der Waals surface area contributed by atoms with Gasteiger partial charge in [-0.15, -0.1) is 0 Å². The molecule has 0 aromatic heterocycles. The lowest BCUT2D eigenvalue weighted by molar-refractivity contribution is -0.835. The van der Waals surface area contributed by atoms with Gasteiger partial charge in [-0.1, -0.05) is 74.5 Å². The predicted octanol–water partition coefficient (Wildman–Crippen LogP) is 3.17. The van der Waals surface area contributed by atoms with Crippen LogP contribution in [-0.2, 0) is 27.8 Å². The molecule has 0 aliphatic carbocycles. The third kappa shape index (κ3) is 8.63. The minimum Gasteiger partial charge on any atom is -0.497 e. The largest absolute Gasteiger partial charge is 0.514 e. The monoisotopic (exact) mass is 555 g/mol. The Hall–Kier alpha value is -3.24. The molecule has 3 aromatic rings. The quantitative estimate of drug-likeness (QED) is 0.336. The SMILES string of the molecule is COc1ccc(S(=O)(=O)N(CC(C)C)C[C@@H](O)[C@H](Cc2ccccc2)[NH+](C)C(=O)OCc2ccccc2)cc1. The number of hydrogen-bond donors (Lipinski definition) is 2. The van der Waals surface area contributed by atoms with Crippen LogP contribution in [0.2, 0.25) is 0 Å². The Morgan fingerprint density at radius 2 is 1.46 bits per heavy atom. The van der Waals surface area contributed by atoms with Crippen molar-refractivity contribution in [2.75, 3.05) is 27.2 Å². The van der Waals surface area contributed by atoms with E-state index in [4.69, 9.17) is 9.47 Å². The predicted molar refractivity (Wildman–Crippen MR) is 150 cm³/mol. The average molecular weight is 556 g/mol. The van der Waals surface area contributed by atoms with Crippen LogP contribution in [0.5, 0.6) is 5.75 Å². The van der Waals surface area contributed by atoms with E-state index >= 15 is 0 Å². The number of alkyl carbamates (subject to hydrolysis) is 2. The van der Waals surface area contributed by atoms with Crippen LogP contribution in [0.1, 0.15) is 25.0 Å². The molecule has 0 saturated carbocycles. The zero-order valence-electron chi connectivity index (χ0n) is 23.0. The minimum atomic E-state index is -3.92. The molecule has 0 saturated heterocycles. The molecule has 1 unspecified atom stereocenters. The number of amides is 1. The Labute approximate surface area is 231 Å². The van der Waals surface area contributed by atoms with E-state index in [0.717, 1.165) is 11.1 Å². The van der Waals surface area contributed by atoms with E-state index in [9.17, 15) is 18.3 Å². The van der Waals surface area contributed by atoms with E-state index < -0.39 is 28.3 Å². The van der Waals surface area contributed by atoms with Gasteiger partial charge in [-0.2, -0.15) is 9.10 Å². The lowest BCUT2D eigenvalue weighted by Gasteiger charge is -2.31. The lowest BCUT2D eigenvalue weighted by atomic mass is 10.00. The second-order valence-electron chi connectivity index (χ2n) is 10.00. The van der Waals surface area contributed by atoms with Gasteiger partial charge < -0.3 is 14.6 Å². The Morgan fingerprint density at radius 3 is 2.00 bits per heavy atom. The van der Waals surface area contributed by atoms with Crippen LogP contribution < -0.4 is 9.64 Å². The fourth-order valence-corrected chi connectivity index (χ4v) is 5.97. The normalized spacial score (nSPS) is 14.1. The number of methoxy groups -OCH3 is 1. The number of rotatable bonds is 13. The van der Waals surface area contributed by atoms with Gasteiger partial charge in [0.1, 0.15) is 24.5 Å². The number of likely N-dealkylation sites (N-methyl/N-ethyl adjacent to an activating group) is 1. The zero-order chi connectivity index (χ0) is 28.4. The maximum Gasteiger partial charge on any atom is 0.514 e. The van der Waals surface area contributed by atoms with Crippen LogP contribution in [0.3, 0.4) is 0 Å². The number of aliphatic hydroxyl groups excluding tert-OH is 1. The fraction of sp³-hybridized carbons (Fsp3) is 0.367. The highest BCUT2D eigenvalue weighted by molar-refractivity contribution is 7.89. The van der Waals surface area contributed by atoms with Crippen LogP contribution in [-0.4, -0.2) is 63.3 Å². The Bertz CT molecular complexity index is 1270. The molecule has 0 spiro atoms. The summed E-state index contributed by atoms with van der Waals surface area (Å²) in [6, 6.07) is 24.4. The number of ether oxygens (including phenoxy) is 2. The second kappa shape index (κ2) is 14.2. The summed E-state index contributed by atoms with van der Waals surface area (Å²) in [7, 11) is -0.759. The van der Waals surface area contributed by atoms with Gasteiger partial charge >= 0.3 is 6.09 Å². The third-order valence-corrected chi connectivity index (χ3v) is 8.36. The van der Waals surface area contributed by atoms with Gasteiger partial charge in [-0.05, 0) is 41.3 Å². The molecular formula is C30H39N2O6S+. The highest BCUT2D eigenvalue weighted by Gasteiger charge is 2.37. The van der Waals surface area contributed by atoms with Gasteiger partial charge in [0.15, 0.2) is 0 Å². The van der Waals surface area contributed by atoms with Gasteiger partial charge in [0.25, 0.3) is 0 Å². The van der Waals surface area contributed by atoms with Crippen molar-refractivity contribution in [1.29, 1.82) is 0 Å². The molecule has 0 radical (unpaired) electrons. The molecule has 9 heteroatoms. The molecule has 2 N–H and O–H groups in total. The van der Waals surface area contributed by atoms with Crippen LogP contribution in [0.25, 0.3) is 0 Å². The lowest BCUT2D eigenvalue weighted by Crippen LogP contribution is -3.17. The van der Waals surface area contributed by atoms with Crippen LogP contribution >= 0.6 is 0 Å². The van der Waals surface area contributed by atoms with E-state index in [1.54, 1.807) is 19.2 Å². The molecule has 3 atom stereocenters. The van der Waals surface area contributed by atoms with Crippen molar-refractivity contribution < 1.29 is 32.7 Å². The van der Waals surface area contributed by atoms with Crippen molar-refractivity contribution in [2.45, 2.75) is 43.9 Å². The number of nitrogens with zero attached hydrogens (tertiary/aromatic N) is 1. The molecule has 3 aromatic carbocycles. The number of carbonyl (C=O) groups excluding carboxylic acids is 1. The summed E-state index contributed by atoms with van der Waals surface area (Å²) >= 11 is 0. The highest BCUT2D eigenvalue weighted by atomic mass is 32.2. The second-order valence-corrected chi connectivity index (χ2v) is 11.9. The topological polar surface area (TPSA) is 97.6 Å². The van der Waals surface area contributed by atoms with Crippen molar-refractivity contribution in [1.82, 2.24) is 4.31 Å². The summed E-state index contributed by atoms with van der Waals surface area (Å²) in [4.78, 5) is 13.5. The Morgan fingerprint density at radius 1 is 0.897 bits per heavy atom. The Kier molecular flexibility index (Phi) is 11.1. The number of quaternary nitrogens is 1. The summed E-state index contributed by atoms with van der Waals surface area (Å²) in [5.41, 5.74) is 1.78. The van der Waals surface area contributed by atoms with Gasteiger partial charge in [0.05, 0.1) is 19.1 Å². The van der Waals surface area contributed by atoms with Crippen LogP contribution in [0.15, 0.2) is 89.8 Å². The summed E-state index contributed by atoms with van der Waals surface area (Å²) in [6.45, 7) is 3.98. The van der Waals surface area contributed by atoms with Gasteiger partial charge in [-0.25, -0.2) is 13.3 Å². The molecule has 0 bridgehead atoms. The standard InChI is InChI=1S/C30H38N2O6S/c1-23(2)20-32(39(35,36)27-17-15-26(37-4)16-18-27)21-29(33)28(19-24-11-7-5-8-12-24)31(3)30(34)38-22-25-13-9-6-10-14-25/h5-18,23,28-29,33H,19-22H2,1-4H3/p+1/t28-,29+/m0/s1. The molecule has 39 heavy (non-hydrogen) atoms. The molecule has 1 amide bonds. The molecule has 210 valence electrons. The van der Waals surface area contributed by atoms with Crippen LogP contribution in [0, 0.1) is 5.92 Å². The van der Waals surface area contributed by atoms with E-state index in [-0.39, 0.29) is 30.5 Å². The van der Waals surface area contributed by atoms with Gasteiger partial charge in [-0.3, -0.25) is 0 Å². The molecule has 3 rings (SSSR count). The highest BCUT2D eigenvalue weighted by Crippen LogP contribution is 2.21. The molecule has 0 aliphatic rings. The zero-order valence-corrected chi connectivity index (χ0v) is 23.8. The number of benzene rings is 3. The minimum absolute atomic E-state index is 0.0127. The van der Waals surface area contributed by atoms with E-state index in [1.165, 1.54) is 23.5 Å². The van der Waals surface area contributed by atoms with Crippen molar-refractivity contribution in [3.63, 3.8) is 0 Å². The van der Waals surface area contributed by atoms with Crippen LogP contribution in [0.4, 0.5) is 4.79 Å². The molecular weight excluding hydrogens is 516 g/mol. The molecule has 8 nitrogen and oxygen atoms in total. The molecule has 0 aliphatic heterocycles. The summed E-state index contributed by atoms with van der Waals surface area (Å²) in [5.74, 6) is 0.560. The van der Waals surface area contributed by atoms with Crippen molar-refractivity contribution in [3.05, 3.63) is 96.1 Å². The smallest absolute Gasteiger partial charge is 0.497 e. The van der Waals surface area contributed by atoms with Crippen molar-refractivity contribution >= 4 is 16.1 Å². The first-order chi connectivity index (χ1) is 18.6. The van der Waals surface area contributed by atoms with E-state index in [0.29, 0.717) is 17.1 Å². The number of sulfonamides is 1. The maximum atomic E-state index is 13.6.